The van der Waals surface area contributed by atoms with Gasteiger partial charge in [-0.2, -0.15) is 0 Å². The molecular formula is C26H29N3O4. The molecule has 2 aromatic carbocycles. The number of hydroxylamine groups is 1. The quantitative estimate of drug-likeness (QED) is 0.242. The molecule has 2 aromatic rings. The van der Waals surface area contributed by atoms with Crippen molar-refractivity contribution >= 4 is 17.9 Å². The third-order valence-corrected chi connectivity index (χ3v) is 5.23. The van der Waals surface area contributed by atoms with Gasteiger partial charge in [-0.1, -0.05) is 36.1 Å². The average molecular weight is 448 g/mol. The van der Waals surface area contributed by atoms with Crippen molar-refractivity contribution < 1.29 is 19.9 Å². The molecule has 7 heteroatoms. The Balaban J connectivity index is 1.55. The molecule has 0 heterocycles. The van der Waals surface area contributed by atoms with E-state index >= 15 is 0 Å². The first-order valence-electron chi connectivity index (χ1n) is 10.8. The molecule has 1 fully saturated rings. The molecule has 3 rings (SSSR count). The SMILES string of the molecule is CC(C)(O)[C@H](NC(=O)c1ccc(C#CC=Cc2ccc(CNC3CC3)cc2)cc1)C(=O)NO. The van der Waals surface area contributed by atoms with Gasteiger partial charge in [0.1, 0.15) is 6.04 Å². The Morgan fingerprint density at radius 1 is 1.12 bits per heavy atom. The van der Waals surface area contributed by atoms with Crippen LogP contribution in [0.25, 0.3) is 6.08 Å². The van der Waals surface area contributed by atoms with Gasteiger partial charge in [-0.05, 0) is 74.2 Å². The van der Waals surface area contributed by atoms with Gasteiger partial charge in [0.05, 0.1) is 5.60 Å². The third kappa shape index (κ3) is 7.58. The van der Waals surface area contributed by atoms with Crippen LogP contribution in [0, 0.1) is 11.8 Å². The van der Waals surface area contributed by atoms with Crippen molar-refractivity contribution in [1.82, 2.24) is 16.1 Å². The number of allylic oxidation sites excluding steroid dienone is 1. The second-order valence-corrected chi connectivity index (χ2v) is 8.61. The Bertz CT molecular complexity index is 1050. The zero-order chi connectivity index (χ0) is 23.8. The first-order valence-corrected chi connectivity index (χ1v) is 10.8. The average Bonchev–Trinajstić information content (AvgIpc) is 3.63. The molecule has 1 atom stereocenters. The molecular weight excluding hydrogens is 418 g/mol. The van der Waals surface area contributed by atoms with Crippen LogP contribution >= 0.6 is 0 Å². The van der Waals surface area contributed by atoms with E-state index in [0.29, 0.717) is 11.6 Å². The van der Waals surface area contributed by atoms with Gasteiger partial charge >= 0.3 is 0 Å². The number of carbonyl (C=O) groups is 2. The number of rotatable bonds is 8. The smallest absolute Gasteiger partial charge is 0.268 e. The first kappa shape index (κ1) is 24.2. The zero-order valence-electron chi connectivity index (χ0n) is 18.8. The Morgan fingerprint density at radius 2 is 1.79 bits per heavy atom. The summed E-state index contributed by atoms with van der Waals surface area (Å²) in [5, 5.41) is 24.8. The van der Waals surface area contributed by atoms with Crippen LogP contribution in [0.5, 0.6) is 0 Å². The summed E-state index contributed by atoms with van der Waals surface area (Å²) in [7, 11) is 0. The van der Waals surface area contributed by atoms with Gasteiger partial charge in [-0.25, -0.2) is 5.48 Å². The summed E-state index contributed by atoms with van der Waals surface area (Å²) in [6.07, 6.45) is 6.28. The lowest BCUT2D eigenvalue weighted by molar-refractivity contribution is -0.136. The second-order valence-electron chi connectivity index (χ2n) is 8.61. The predicted molar refractivity (Wildman–Crippen MR) is 126 cm³/mol. The van der Waals surface area contributed by atoms with Gasteiger partial charge < -0.3 is 15.7 Å². The molecule has 7 nitrogen and oxygen atoms in total. The van der Waals surface area contributed by atoms with Crippen molar-refractivity contribution in [2.45, 2.75) is 50.9 Å². The molecule has 0 aliphatic heterocycles. The van der Waals surface area contributed by atoms with Gasteiger partial charge in [-0.15, -0.1) is 0 Å². The molecule has 0 saturated heterocycles. The molecule has 2 amide bonds. The molecule has 1 saturated carbocycles. The molecule has 0 aromatic heterocycles. The third-order valence-electron chi connectivity index (χ3n) is 5.23. The van der Waals surface area contributed by atoms with Crippen LogP contribution in [0.1, 0.15) is 53.7 Å². The summed E-state index contributed by atoms with van der Waals surface area (Å²) in [5.74, 6) is 4.53. The summed E-state index contributed by atoms with van der Waals surface area (Å²) >= 11 is 0. The van der Waals surface area contributed by atoms with Crippen molar-refractivity contribution in [2.24, 2.45) is 0 Å². The minimum absolute atomic E-state index is 0.298. The largest absolute Gasteiger partial charge is 0.388 e. The maximum atomic E-state index is 12.4. The maximum absolute atomic E-state index is 12.4. The van der Waals surface area contributed by atoms with Gasteiger partial charge in [0.15, 0.2) is 0 Å². The predicted octanol–water partition coefficient (Wildman–Crippen LogP) is 2.38. The normalized spacial score (nSPS) is 14.3. The van der Waals surface area contributed by atoms with Gasteiger partial charge in [0.2, 0.25) is 0 Å². The number of nitrogens with one attached hydrogen (secondary N) is 3. The highest BCUT2D eigenvalue weighted by atomic mass is 16.5. The van der Waals surface area contributed by atoms with Crippen molar-refractivity contribution in [3.8, 4) is 11.8 Å². The fourth-order valence-electron chi connectivity index (χ4n) is 3.11. The topological polar surface area (TPSA) is 111 Å². The summed E-state index contributed by atoms with van der Waals surface area (Å²) in [6, 6.07) is 14.3. The van der Waals surface area contributed by atoms with Crippen molar-refractivity contribution in [2.75, 3.05) is 0 Å². The minimum Gasteiger partial charge on any atom is -0.388 e. The monoisotopic (exact) mass is 447 g/mol. The van der Waals surface area contributed by atoms with E-state index in [4.69, 9.17) is 5.21 Å². The lowest BCUT2D eigenvalue weighted by atomic mass is 9.97. The van der Waals surface area contributed by atoms with Crippen molar-refractivity contribution in [3.63, 3.8) is 0 Å². The minimum atomic E-state index is -1.56. The van der Waals surface area contributed by atoms with E-state index in [-0.39, 0.29) is 0 Å². The van der Waals surface area contributed by atoms with Gasteiger partial charge in [0.25, 0.3) is 11.8 Å². The highest BCUT2D eigenvalue weighted by Crippen LogP contribution is 2.19. The molecule has 0 unspecified atom stereocenters. The molecule has 1 aliphatic rings. The van der Waals surface area contributed by atoms with Crippen LogP contribution in [0.3, 0.4) is 0 Å². The van der Waals surface area contributed by atoms with Gasteiger partial charge in [0, 0.05) is 23.7 Å². The summed E-state index contributed by atoms with van der Waals surface area (Å²) in [5.41, 5.74) is 3.25. The number of hydrogen-bond acceptors (Lipinski definition) is 5. The fraction of sp³-hybridized carbons (Fsp3) is 0.308. The number of hydrogen-bond donors (Lipinski definition) is 5. The van der Waals surface area contributed by atoms with Gasteiger partial charge in [-0.3, -0.25) is 14.8 Å². The van der Waals surface area contributed by atoms with Crippen LogP contribution in [-0.4, -0.2) is 39.8 Å². The Labute approximate surface area is 193 Å². The maximum Gasteiger partial charge on any atom is 0.268 e. The molecule has 1 aliphatic carbocycles. The van der Waals surface area contributed by atoms with E-state index in [1.54, 1.807) is 30.3 Å². The van der Waals surface area contributed by atoms with E-state index in [2.05, 4.69) is 46.7 Å². The molecule has 0 radical (unpaired) electrons. The van der Waals surface area contributed by atoms with E-state index in [1.165, 1.54) is 37.7 Å². The van der Waals surface area contributed by atoms with Crippen LogP contribution in [0.4, 0.5) is 0 Å². The summed E-state index contributed by atoms with van der Waals surface area (Å²) < 4.78 is 0. The zero-order valence-corrected chi connectivity index (χ0v) is 18.8. The van der Waals surface area contributed by atoms with E-state index < -0.39 is 23.5 Å². The number of carbonyl (C=O) groups excluding carboxylic acids is 2. The van der Waals surface area contributed by atoms with Crippen molar-refractivity contribution in [1.29, 1.82) is 0 Å². The standard InChI is InChI=1S/C26H29N3O4/c1-26(2,32)23(25(31)29-33)28-24(30)21-13-11-19(12-14-21)6-4-3-5-18-7-9-20(10-8-18)17-27-22-15-16-22/h3,5,7-14,22-23,27,32-33H,15-17H2,1-2H3,(H,28,30)(H,29,31)/t23-/m1/s1. The highest BCUT2D eigenvalue weighted by molar-refractivity contribution is 5.97. The Kier molecular flexibility index (Phi) is 8.01. The molecule has 33 heavy (non-hydrogen) atoms. The van der Waals surface area contributed by atoms with E-state index in [0.717, 1.165) is 17.7 Å². The Morgan fingerprint density at radius 3 is 2.36 bits per heavy atom. The summed E-state index contributed by atoms with van der Waals surface area (Å²) in [4.78, 5) is 24.2. The lowest BCUT2D eigenvalue weighted by Gasteiger charge is -2.28. The molecule has 5 N–H and O–H groups in total. The molecule has 0 spiro atoms. The second kappa shape index (κ2) is 10.9. The van der Waals surface area contributed by atoms with Crippen LogP contribution in [0.2, 0.25) is 0 Å². The molecule has 172 valence electrons. The van der Waals surface area contributed by atoms with E-state index in [1.807, 2.05) is 6.08 Å². The number of amides is 2. The first-order chi connectivity index (χ1) is 15.8. The summed E-state index contributed by atoms with van der Waals surface area (Å²) in [6.45, 7) is 3.62. The fourth-order valence-corrected chi connectivity index (χ4v) is 3.11. The lowest BCUT2D eigenvalue weighted by Crippen LogP contribution is -2.57. The number of benzene rings is 2. The van der Waals surface area contributed by atoms with Crippen molar-refractivity contribution in [3.05, 3.63) is 76.9 Å². The number of aliphatic hydroxyl groups is 1. The van der Waals surface area contributed by atoms with Crippen LogP contribution in [-0.2, 0) is 11.3 Å². The van der Waals surface area contributed by atoms with Crippen LogP contribution < -0.4 is 16.1 Å². The van der Waals surface area contributed by atoms with E-state index in [9.17, 15) is 14.7 Å². The van der Waals surface area contributed by atoms with Crippen LogP contribution in [0.15, 0.2) is 54.6 Å². The molecule has 0 bridgehead atoms. The highest BCUT2D eigenvalue weighted by Gasteiger charge is 2.34. The Hall–Kier alpha value is -3.44.